The van der Waals surface area contributed by atoms with Crippen molar-refractivity contribution < 1.29 is 8.42 Å². The van der Waals surface area contributed by atoms with E-state index in [1.165, 1.54) is 6.26 Å². The first-order chi connectivity index (χ1) is 9.75. The van der Waals surface area contributed by atoms with Crippen LogP contribution < -0.4 is 11.1 Å². The van der Waals surface area contributed by atoms with Crippen LogP contribution in [-0.4, -0.2) is 29.6 Å². The third-order valence-electron chi connectivity index (χ3n) is 2.92. The second-order valence-electron chi connectivity index (χ2n) is 4.77. The highest BCUT2D eigenvalue weighted by molar-refractivity contribution is 7.90. The maximum Gasteiger partial charge on any atom is 0.228 e. The number of nitrogens with two attached hydrogens (primary N) is 1. The lowest BCUT2D eigenvalue weighted by Gasteiger charge is -2.14. The quantitative estimate of drug-likeness (QED) is 0.876. The summed E-state index contributed by atoms with van der Waals surface area (Å²) in [5, 5.41) is 3.11. The molecule has 1 heterocycles. The average Bonchev–Trinajstić information content (AvgIpc) is 2.36. The van der Waals surface area contributed by atoms with Gasteiger partial charge in [0.25, 0.3) is 0 Å². The highest BCUT2D eigenvalue weighted by atomic mass is 32.2. The van der Waals surface area contributed by atoms with Gasteiger partial charge in [-0.3, -0.25) is 0 Å². The molecule has 8 heteroatoms. The number of aromatic nitrogens is 3. The summed E-state index contributed by atoms with van der Waals surface area (Å²) in [5.41, 5.74) is 6.49. The predicted molar refractivity (Wildman–Crippen MR) is 80.6 cm³/mol. The molecule has 3 N–H and O–H groups in total. The molecule has 7 nitrogen and oxygen atoms in total. The van der Waals surface area contributed by atoms with Crippen LogP contribution in [0.5, 0.6) is 0 Å². The molecule has 0 spiro atoms. The van der Waals surface area contributed by atoms with Crippen LogP contribution in [0.1, 0.15) is 24.4 Å². The Bertz CT molecular complexity index is 723. The molecule has 1 atom stereocenters. The summed E-state index contributed by atoms with van der Waals surface area (Å²) in [6, 6.07) is 6.57. The number of rotatable bonds is 4. The van der Waals surface area contributed by atoms with Gasteiger partial charge >= 0.3 is 0 Å². The molecule has 0 saturated carbocycles. The van der Waals surface area contributed by atoms with E-state index >= 15 is 0 Å². The number of nitrogen functional groups attached to an aromatic ring is 1. The molecule has 0 saturated heterocycles. The molecule has 1 aromatic heterocycles. The summed E-state index contributed by atoms with van der Waals surface area (Å²) < 4.78 is 22.8. The SMILES string of the molecule is Cc1nc(N)nc(NC(C)c2ccc(S(C)(=O)=O)cc2)n1. The lowest BCUT2D eigenvalue weighted by molar-refractivity contribution is 0.602. The summed E-state index contributed by atoms with van der Waals surface area (Å²) in [4.78, 5) is 12.3. The predicted octanol–water partition coefficient (Wildman–Crippen LogP) is 1.34. The van der Waals surface area contributed by atoms with Crippen LogP contribution in [0, 0.1) is 6.92 Å². The second kappa shape index (κ2) is 5.65. The molecule has 0 amide bonds. The summed E-state index contributed by atoms with van der Waals surface area (Å²) in [6.45, 7) is 3.65. The van der Waals surface area contributed by atoms with Gasteiger partial charge in [-0.25, -0.2) is 8.42 Å². The Morgan fingerprint density at radius 2 is 1.76 bits per heavy atom. The minimum atomic E-state index is -3.19. The number of benzene rings is 1. The van der Waals surface area contributed by atoms with E-state index in [9.17, 15) is 8.42 Å². The molecule has 0 fully saturated rings. The van der Waals surface area contributed by atoms with Crippen molar-refractivity contribution in [3.05, 3.63) is 35.7 Å². The molecule has 1 aromatic carbocycles. The fourth-order valence-corrected chi connectivity index (χ4v) is 2.48. The van der Waals surface area contributed by atoms with Gasteiger partial charge in [-0.05, 0) is 31.5 Å². The number of aryl methyl sites for hydroxylation is 1. The van der Waals surface area contributed by atoms with Gasteiger partial charge in [0.2, 0.25) is 11.9 Å². The van der Waals surface area contributed by atoms with E-state index in [2.05, 4.69) is 20.3 Å². The standard InChI is InChI=1S/C13H17N5O2S/c1-8(15-13-17-9(2)16-12(14)18-13)10-4-6-11(7-5-10)21(3,19)20/h4-8H,1-3H3,(H3,14,15,16,17,18). The topological polar surface area (TPSA) is 111 Å². The molecule has 0 aliphatic rings. The fourth-order valence-electron chi connectivity index (χ4n) is 1.85. The molecule has 0 aliphatic carbocycles. The normalized spacial score (nSPS) is 12.9. The molecule has 0 aliphatic heterocycles. The van der Waals surface area contributed by atoms with E-state index in [-0.39, 0.29) is 12.0 Å². The Kier molecular flexibility index (Phi) is 4.08. The lowest BCUT2D eigenvalue weighted by Crippen LogP contribution is -2.12. The van der Waals surface area contributed by atoms with E-state index in [1.54, 1.807) is 31.2 Å². The Morgan fingerprint density at radius 3 is 2.29 bits per heavy atom. The summed E-state index contributed by atoms with van der Waals surface area (Å²) in [7, 11) is -3.19. The van der Waals surface area contributed by atoms with Gasteiger partial charge in [0.05, 0.1) is 10.9 Å². The van der Waals surface area contributed by atoms with E-state index in [0.717, 1.165) is 5.56 Å². The Morgan fingerprint density at radius 1 is 1.14 bits per heavy atom. The summed E-state index contributed by atoms with van der Waals surface area (Å²) >= 11 is 0. The molecular weight excluding hydrogens is 290 g/mol. The van der Waals surface area contributed by atoms with Gasteiger partial charge in [0.15, 0.2) is 9.84 Å². The molecule has 21 heavy (non-hydrogen) atoms. The molecule has 2 rings (SSSR count). The Hall–Kier alpha value is -2.22. The monoisotopic (exact) mass is 307 g/mol. The summed E-state index contributed by atoms with van der Waals surface area (Å²) in [5.74, 6) is 1.08. The largest absolute Gasteiger partial charge is 0.368 e. The number of anilines is 2. The van der Waals surface area contributed by atoms with Crippen LogP contribution in [0.15, 0.2) is 29.2 Å². The molecular formula is C13H17N5O2S. The minimum Gasteiger partial charge on any atom is -0.368 e. The number of hydrogen-bond donors (Lipinski definition) is 2. The molecule has 2 aromatic rings. The minimum absolute atomic E-state index is 0.0974. The fraction of sp³-hybridized carbons (Fsp3) is 0.308. The molecule has 112 valence electrons. The van der Waals surface area contributed by atoms with Crippen LogP contribution in [0.4, 0.5) is 11.9 Å². The van der Waals surface area contributed by atoms with E-state index in [4.69, 9.17) is 5.73 Å². The first kappa shape index (κ1) is 15.2. The van der Waals surface area contributed by atoms with Gasteiger partial charge in [0, 0.05) is 6.26 Å². The average molecular weight is 307 g/mol. The number of sulfone groups is 1. The first-order valence-electron chi connectivity index (χ1n) is 6.30. The van der Waals surface area contributed by atoms with Gasteiger partial charge in [-0.15, -0.1) is 0 Å². The van der Waals surface area contributed by atoms with Crippen LogP contribution in [0.3, 0.4) is 0 Å². The number of nitrogens with one attached hydrogen (secondary N) is 1. The highest BCUT2D eigenvalue weighted by Crippen LogP contribution is 2.19. The third-order valence-corrected chi connectivity index (χ3v) is 4.05. The van der Waals surface area contributed by atoms with Gasteiger partial charge in [-0.1, -0.05) is 12.1 Å². The van der Waals surface area contributed by atoms with Gasteiger partial charge in [-0.2, -0.15) is 15.0 Å². The Labute approximate surface area is 123 Å². The molecule has 1 unspecified atom stereocenters. The zero-order valence-corrected chi connectivity index (χ0v) is 12.8. The van der Waals surface area contributed by atoms with Crippen LogP contribution >= 0.6 is 0 Å². The van der Waals surface area contributed by atoms with Crippen molar-refractivity contribution in [2.24, 2.45) is 0 Å². The third kappa shape index (κ3) is 3.88. The Balaban J connectivity index is 2.18. The van der Waals surface area contributed by atoms with Crippen molar-refractivity contribution in [3.8, 4) is 0 Å². The highest BCUT2D eigenvalue weighted by Gasteiger charge is 2.11. The van der Waals surface area contributed by atoms with Gasteiger partial charge < -0.3 is 11.1 Å². The maximum absolute atomic E-state index is 11.4. The maximum atomic E-state index is 11.4. The van der Waals surface area contributed by atoms with E-state index in [0.29, 0.717) is 16.7 Å². The zero-order chi connectivity index (χ0) is 15.6. The lowest BCUT2D eigenvalue weighted by atomic mass is 10.1. The van der Waals surface area contributed by atoms with E-state index < -0.39 is 9.84 Å². The first-order valence-corrected chi connectivity index (χ1v) is 8.19. The molecule has 0 radical (unpaired) electrons. The second-order valence-corrected chi connectivity index (χ2v) is 6.79. The number of hydrogen-bond acceptors (Lipinski definition) is 7. The van der Waals surface area contributed by atoms with Crippen molar-refractivity contribution in [1.82, 2.24) is 15.0 Å². The van der Waals surface area contributed by atoms with Gasteiger partial charge in [0.1, 0.15) is 5.82 Å². The van der Waals surface area contributed by atoms with Crippen LogP contribution in [-0.2, 0) is 9.84 Å². The van der Waals surface area contributed by atoms with Crippen molar-refractivity contribution in [2.75, 3.05) is 17.3 Å². The van der Waals surface area contributed by atoms with Crippen molar-refractivity contribution in [2.45, 2.75) is 24.8 Å². The smallest absolute Gasteiger partial charge is 0.228 e. The van der Waals surface area contributed by atoms with Crippen molar-refractivity contribution in [1.29, 1.82) is 0 Å². The van der Waals surface area contributed by atoms with Crippen molar-refractivity contribution >= 4 is 21.7 Å². The van der Waals surface area contributed by atoms with Crippen LogP contribution in [0.2, 0.25) is 0 Å². The summed E-state index contributed by atoms with van der Waals surface area (Å²) in [6.07, 6.45) is 1.18. The van der Waals surface area contributed by atoms with E-state index in [1.807, 2.05) is 6.92 Å². The zero-order valence-electron chi connectivity index (χ0n) is 12.0. The number of nitrogens with zero attached hydrogens (tertiary/aromatic N) is 3. The van der Waals surface area contributed by atoms with Crippen molar-refractivity contribution in [3.63, 3.8) is 0 Å². The molecule has 0 bridgehead atoms. The van der Waals surface area contributed by atoms with Crippen LogP contribution in [0.25, 0.3) is 0 Å².